The van der Waals surface area contributed by atoms with Gasteiger partial charge in [0.25, 0.3) is 0 Å². The van der Waals surface area contributed by atoms with Gasteiger partial charge in [0.15, 0.2) is 0 Å². The molecule has 3 fully saturated rings. The van der Waals surface area contributed by atoms with Crippen LogP contribution in [0.1, 0.15) is 11.1 Å². The topological polar surface area (TPSA) is 109 Å². The lowest BCUT2D eigenvalue weighted by atomic mass is 9.95. The number of carbonyl (C=O) groups is 3. The van der Waals surface area contributed by atoms with Gasteiger partial charge in [0.1, 0.15) is 18.0 Å². The normalized spacial score (nSPS) is 26.6. The van der Waals surface area contributed by atoms with E-state index in [1.807, 2.05) is 53.0 Å². The number of phenols is 1. The van der Waals surface area contributed by atoms with E-state index in [2.05, 4.69) is 11.1 Å². The van der Waals surface area contributed by atoms with E-state index in [1.54, 1.807) is 55.7 Å². The second-order valence-corrected chi connectivity index (χ2v) is 12.9. The summed E-state index contributed by atoms with van der Waals surface area (Å²) in [6, 6.07) is 15.4. The number of aromatic hydroxyl groups is 1. The van der Waals surface area contributed by atoms with Crippen LogP contribution in [0.4, 0.5) is 4.79 Å². The molecule has 4 heterocycles. The molecule has 1 N–H and O–H groups in total. The lowest BCUT2D eigenvalue weighted by molar-refractivity contribution is -0.193. The second kappa shape index (κ2) is 12.7. The number of amides is 4. The summed E-state index contributed by atoms with van der Waals surface area (Å²) in [6.07, 6.45) is 5.73. The number of piperazine rings is 1. The van der Waals surface area contributed by atoms with Crippen LogP contribution in [-0.2, 0) is 27.3 Å². The molecule has 11 nitrogen and oxygen atoms in total. The molecule has 7 rings (SSSR count). The van der Waals surface area contributed by atoms with Crippen molar-refractivity contribution in [1.82, 2.24) is 24.7 Å². The molecular weight excluding hydrogens is 592 g/mol. The summed E-state index contributed by atoms with van der Waals surface area (Å²) in [7, 11) is 0. The Bertz CT molecular complexity index is 1530. The number of thioether (sulfide) groups is 1. The van der Waals surface area contributed by atoms with Crippen molar-refractivity contribution in [2.45, 2.75) is 36.5 Å². The SMILES string of the molecule is O=C1C(Cc2ccc(O)cc2)N2C(=O)CN(Cc3ccccc3)N(C(=O)N3CCOCC3)C2CN1CC1=CC=CC2SC=NC12. The van der Waals surface area contributed by atoms with Gasteiger partial charge in [0.2, 0.25) is 11.8 Å². The highest BCUT2D eigenvalue weighted by molar-refractivity contribution is 8.13. The van der Waals surface area contributed by atoms with Crippen LogP contribution in [0.2, 0.25) is 0 Å². The number of urea groups is 1. The molecule has 2 aromatic rings. The van der Waals surface area contributed by atoms with Crippen molar-refractivity contribution in [3.63, 3.8) is 0 Å². The number of allylic oxidation sites excluding steroid dienone is 2. The number of fused-ring (bicyclic) bond motifs is 2. The van der Waals surface area contributed by atoms with Crippen molar-refractivity contribution in [2.24, 2.45) is 4.99 Å². The van der Waals surface area contributed by atoms with Crippen LogP contribution in [0.5, 0.6) is 5.75 Å². The fourth-order valence-corrected chi connectivity index (χ4v) is 7.67. The first-order valence-electron chi connectivity index (χ1n) is 15.3. The van der Waals surface area contributed by atoms with E-state index in [4.69, 9.17) is 4.74 Å². The Hall–Kier alpha value is -4.13. The predicted octanol–water partition coefficient (Wildman–Crippen LogP) is 2.49. The van der Waals surface area contributed by atoms with Crippen LogP contribution < -0.4 is 0 Å². The highest BCUT2D eigenvalue weighted by Gasteiger charge is 2.52. The first kappa shape index (κ1) is 29.6. The highest BCUT2D eigenvalue weighted by atomic mass is 32.2. The molecular formula is C33H36N6O5S. The number of aliphatic imine (C=N–C) groups is 1. The molecule has 12 heteroatoms. The van der Waals surface area contributed by atoms with Crippen molar-refractivity contribution in [1.29, 1.82) is 0 Å². The molecule has 4 unspecified atom stereocenters. The molecule has 234 valence electrons. The summed E-state index contributed by atoms with van der Waals surface area (Å²) in [5, 5.41) is 13.6. The van der Waals surface area contributed by atoms with Gasteiger partial charge in [-0.2, -0.15) is 0 Å². The van der Waals surface area contributed by atoms with Gasteiger partial charge in [-0.1, -0.05) is 60.7 Å². The van der Waals surface area contributed by atoms with Crippen LogP contribution in [0.25, 0.3) is 0 Å². The van der Waals surface area contributed by atoms with Crippen LogP contribution in [0.15, 0.2) is 83.4 Å². The Morgan fingerprint density at radius 1 is 1.00 bits per heavy atom. The van der Waals surface area contributed by atoms with Crippen molar-refractivity contribution in [2.75, 3.05) is 45.9 Å². The second-order valence-electron chi connectivity index (χ2n) is 11.8. The summed E-state index contributed by atoms with van der Waals surface area (Å²) in [5.41, 5.74) is 4.69. The predicted molar refractivity (Wildman–Crippen MR) is 170 cm³/mol. The largest absolute Gasteiger partial charge is 0.508 e. The first-order chi connectivity index (χ1) is 22.0. The van der Waals surface area contributed by atoms with E-state index in [0.717, 1.165) is 16.7 Å². The standard InChI is InChI=1S/C33H36N6O5S/c40-26-11-9-23(10-12-26)17-27-32(42)36(19-25-7-4-8-28-31(25)34-22-45-28)20-29-38(27)30(41)21-37(18-24-5-2-1-3-6-24)39(29)33(43)35-13-15-44-16-14-35/h1-12,22,27-29,31,40H,13-21H2. The van der Waals surface area contributed by atoms with Crippen LogP contribution in [-0.4, -0.2) is 123 Å². The molecule has 0 spiro atoms. The fourth-order valence-electron chi connectivity index (χ4n) is 6.75. The molecule has 0 aromatic heterocycles. The average Bonchev–Trinajstić information content (AvgIpc) is 3.55. The monoisotopic (exact) mass is 628 g/mol. The summed E-state index contributed by atoms with van der Waals surface area (Å²) in [6.45, 7) is 2.66. The van der Waals surface area contributed by atoms with Gasteiger partial charge in [0, 0.05) is 32.6 Å². The molecule has 4 amide bonds. The van der Waals surface area contributed by atoms with E-state index in [9.17, 15) is 19.5 Å². The molecule has 2 aromatic carbocycles. The number of hydrazine groups is 1. The van der Waals surface area contributed by atoms with Crippen molar-refractivity contribution < 1.29 is 24.2 Å². The number of morpholine rings is 1. The first-order valence-corrected chi connectivity index (χ1v) is 16.3. The lowest BCUT2D eigenvalue weighted by Gasteiger charge is -2.56. The number of benzene rings is 2. The van der Waals surface area contributed by atoms with Crippen LogP contribution in [0.3, 0.4) is 0 Å². The third-order valence-corrected chi connectivity index (χ3v) is 9.97. The number of phenolic OH excluding ortho intramolecular Hbond substituents is 1. The minimum Gasteiger partial charge on any atom is -0.508 e. The van der Waals surface area contributed by atoms with Crippen molar-refractivity contribution in [3.05, 3.63) is 89.5 Å². The minimum atomic E-state index is -0.823. The third kappa shape index (κ3) is 5.97. The maximum Gasteiger partial charge on any atom is 0.336 e. The number of carbonyl (C=O) groups excluding carboxylic acids is 3. The highest BCUT2D eigenvalue weighted by Crippen LogP contribution is 2.34. The molecule has 1 aliphatic carbocycles. The van der Waals surface area contributed by atoms with Gasteiger partial charge < -0.3 is 24.5 Å². The molecule has 0 radical (unpaired) electrons. The van der Waals surface area contributed by atoms with Gasteiger partial charge in [0.05, 0.1) is 43.1 Å². The smallest absolute Gasteiger partial charge is 0.336 e. The molecule has 4 atom stereocenters. The Kier molecular flexibility index (Phi) is 8.35. The number of hydrogen-bond acceptors (Lipinski definition) is 8. The third-order valence-electron chi connectivity index (χ3n) is 9.00. The molecule has 0 bridgehead atoms. The Labute approximate surface area is 266 Å². The Morgan fingerprint density at radius 3 is 2.56 bits per heavy atom. The average molecular weight is 629 g/mol. The Morgan fingerprint density at radius 2 is 1.78 bits per heavy atom. The lowest BCUT2D eigenvalue weighted by Crippen LogP contribution is -2.77. The molecule has 45 heavy (non-hydrogen) atoms. The van der Waals surface area contributed by atoms with Gasteiger partial charge in [-0.05, 0) is 28.8 Å². The van der Waals surface area contributed by atoms with E-state index in [0.29, 0.717) is 39.4 Å². The van der Waals surface area contributed by atoms with E-state index >= 15 is 0 Å². The van der Waals surface area contributed by atoms with Gasteiger partial charge in [-0.3, -0.25) is 14.6 Å². The van der Waals surface area contributed by atoms with Gasteiger partial charge in [-0.25, -0.2) is 14.8 Å². The molecule has 0 saturated carbocycles. The fraction of sp³-hybridized carbons (Fsp3) is 0.394. The van der Waals surface area contributed by atoms with Crippen LogP contribution in [0, 0.1) is 0 Å². The van der Waals surface area contributed by atoms with Gasteiger partial charge >= 0.3 is 6.03 Å². The zero-order valence-electron chi connectivity index (χ0n) is 24.9. The summed E-state index contributed by atoms with van der Waals surface area (Å²) in [4.78, 5) is 52.7. The van der Waals surface area contributed by atoms with Crippen molar-refractivity contribution in [3.8, 4) is 5.75 Å². The summed E-state index contributed by atoms with van der Waals surface area (Å²) in [5.74, 6) is -0.233. The van der Waals surface area contributed by atoms with E-state index < -0.39 is 12.2 Å². The maximum absolute atomic E-state index is 14.4. The molecule has 4 aliphatic heterocycles. The summed E-state index contributed by atoms with van der Waals surface area (Å²) < 4.78 is 5.54. The van der Waals surface area contributed by atoms with E-state index in [-0.39, 0.29) is 54.4 Å². The van der Waals surface area contributed by atoms with Crippen molar-refractivity contribution >= 4 is 35.2 Å². The number of hydrogen-bond donors (Lipinski definition) is 1. The van der Waals surface area contributed by atoms with E-state index in [1.165, 1.54) is 0 Å². The van der Waals surface area contributed by atoms with Gasteiger partial charge in [-0.15, -0.1) is 11.8 Å². The number of ether oxygens (including phenoxy) is 1. The Balaban J connectivity index is 1.26. The van der Waals surface area contributed by atoms with Crippen LogP contribution >= 0.6 is 11.8 Å². The molecule has 3 saturated heterocycles. The quantitative estimate of drug-likeness (QED) is 0.524. The zero-order valence-corrected chi connectivity index (χ0v) is 25.7. The zero-order chi connectivity index (χ0) is 30.9. The minimum absolute atomic E-state index is 0.0352. The molecule has 5 aliphatic rings. The maximum atomic E-state index is 14.4. The summed E-state index contributed by atoms with van der Waals surface area (Å²) >= 11 is 1.66. The number of rotatable bonds is 6. The number of nitrogens with zero attached hydrogens (tertiary/aromatic N) is 6.